The first-order chi connectivity index (χ1) is 13.2. The standard InChI is InChI=1S/C27H48/c1-7-12-15-17-20-24-22(6)23(11-5)25(18-10-4)27(19-14-9-3)26(24)21-16-13-8-2/h7-21H2,1-6H3. The molecule has 0 amide bonds. The van der Waals surface area contributed by atoms with E-state index in [-0.39, 0.29) is 0 Å². The van der Waals surface area contributed by atoms with E-state index in [2.05, 4.69) is 41.5 Å². The van der Waals surface area contributed by atoms with E-state index >= 15 is 0 Å². The zero-order chi connectivity index (χ0) is 20.1. The van der Waals surface area contributed by atoms with E-state index in [9.17, 15) is 0 Å². The van der Waals surface area contributed by atoms with Crippen LogP contribution in [0.3, 0.4) is 0 Å². The second-order valence-corrected chi connectivity index (χ2v) is 8.49. The van der Waals surface area contributed by atoms with Crippen molar-refractivity contribution in [1.29, 1.82) is 0 Å². The van der Waals surface area contributed by atoms with Gasteiger partial charge in [-0.25, -0.2) is 0 Å². The van der Waals surface area contributed by atoms with Crippen molar-refractivity contribution in [3.63, 3.8) is 0 Å². The van der Waals surface area contributed by atoms with Gasteiger partial charge < -0.3 is 0 Å². The van der Waals surface area contributed by atoms with E-state index in [1.165, 1.54) is 96.3 Å². The van der Waals surface area contributed by atoms with Crippen molar-refractivity contribution in [3.05, 3.63) is 33.4 Å². The predicted molar refractivity (Wildman–Crippen MR) is 124 cm³/mol. The average Bonchev–Trinajstić information content (AvgIpc) is 2.67. The zero-order valence-electron chi connectivity index (χ0n) is 19.6. The first-order valence-electron chi connectivity index (χ1n) is 12.3. The second kappa shape index (κ2) is 14.3. The number of hydrogen-bond acceptors (Lipinski definition) is 0. The van der Waals surface area contributed by atoms with Gasteiger partial charge in [0, 0.05) is 0 Å². The van der Waals surface area contributed by atoms with Crippen LogP contribution in [-0.4, -0.2) is 0 Å². The number of unbranched alkanes of at least 4 members (excludes halogenated alkanes) is 6. The maximum Gasteiger partial charge on any atom is -0.0273 e. The Bertz CT molecular complexity index is 524. The second-order valence-electron chi connectivity index (χ2n) is 8.49. The molecule has 1 aromatic rings. The Balaban J connectivity index is 3.39. The van der Waals surface area contributed by atoms with E-state index in [1.54, 1.807) is 33.4 Å². The Morgan fingerprint density at radius 2 is 0.889 bits per heavy atom. The van der Waals surface area contributed by atoms with Crippen LogP contribution < -0.4 is 0 Å². The molecule has 1 rings (SSSR count). The molecule has 0 nitrogen and oxygen atoms in total. The van der Waals surface area contributed by atoms with Gasteiger partial charge in [-0.05, 0) is 91.7 Å². The summed E-state index contributed by atoms with van der Waals surface area (Å²) in [7, 11) is 0. The van der Waals surface area contributed by atoms with Gasteiger partial charge in [0.25, 0.3) is 0 Å². The summed E-state index contributed by atoms with van der Waals surface area (Å²) < 4.78 is 0. The van der Waals surface area contributed by atoms with Gasteiger partial charge in [-0.15, -0.1) is 0 Å². The molecule has 0 aliphatic rings. The van der Waals surface area contributed by atoms with E-state index in [0.717, 1.165) is 0 Å². The molecule has 0 saturated carbocycles. The molecule has 0 atom stereocenters. The molecular formula is C27H48. The molecule has 0 fully saturated rings. The molecule has 0 aliphatic heterocycles. The van der Waals surface area contributed by atoms with Crippen LogP contribution in [0.15, 0.2) is 0 Å². The third-order valence-electron chi connectivity index (χ3n) is 6.31. The van der Waals surface area contributed by atoms with E-state index < -0.39 is 0 Å². The third kappa shape index (κ3) is 7.28. The molecule has 0 bridgehead atoms. The highest BCUT2D eigenvalue weighted by Gasteiger charge is 2.19. The molecule has 0 radical (unpaired) electrons. The lowest BCUT2D eigenvalue weighted by Crippen LogP contribution is -2.12. The Morgan fingerprint density at radius 1 is 0.407 bits per heavy atom. The lowest BCUT2D eigenvalue weighted by molar-refractivity contribution is 0.653. The van der Waals surface area contributed by atoms with Crippen molar-refractivity contribution in [1.82, 2.24) is 0 Å². The maximum atomic E-state index is 2.44. The Hall–Kier alpha value is -0.780. The van der Waals surface area contributed by atoms with Crippen molar-refractivity contribution in [3.8, 4) is 0 Å². The summed E-state index contributed by atoms with van der Waals surface area (Å²) in [5.74, 6) is 0. The van der Waals surface area contributed by atoms with Gasteiger partial charge in [0.1, 0.15) is 0 Å². The van der Waals surface area contributed by atoms with E-state index in [1.807, 2.05) is 0 Å². The van der Waals surface area contributed by atoms with Gasteiger partial charge in [0.2, 0.25) is 0 Å². The molecule has 0 unspecified atom stereocenters. The van der Waals surface area contributed by atoms with Crippen LogP contribution >= 0.6 is 0 Å². The van der Waals surface area contributed by atoms with Crippen molar-refractivity contribution in [2.75, 3.05) is 0 Å². The fraction of sp³-hybridized carbons (Fsp3) is 0.778. The summed E-state index contributed by atoms with van der Waals surface area (Å²) in [6.45, 7) is 14.2. The molecule has 0 N–H and O–H groups in total. The normalized spacial score (nSPS) is 11.3. The minimum Gasteiger partial charge on any atom is -0.0654 e. The summed E-state index contributed by atoms with van der Waals surface area (Å²) in [4.78, 5) is 0. The van der Waals surface area contributed by atoms with Gasteiger partial charge >= 0.3 is 0 Å². The summed E-state index contributed by atoms with van der Waals surface area (Å²) in [6, 6.07) is 0. The minimum atomic E-state index is 1.21. The lowest BCUT2D eigenvalue weighted by atomic mass is 9.79. The SMILES string of the molecule is CCCCCCc1c(C)c(CC)c(CCC)c(CCCC)c1CCCCC. The van der Waals surface area contributed by atoms with Gasteiger partial charge in [-0.1, -0.05) is 79.6 Å². The highest BCUT2D eigenvalue weighted by molar-refractivity contribution is 5.52. The van der Waals surface area contributed by atoms with Crippen LogP contribution in [0.4, 0.5) is 0 Å². The average molecular weight is 373 g/mol. The van der Waals surface area contributed by atoms with E-state index in [4.69, 9.17) is 0 Å². The van der Waals surface area contributed by atoms with Crippen molar-refractivity contribution < 1.29 is 0 Å². The van der Waals surface area contributed by atoms with E-state index in [0.29, 0.717) is 0 Å². The molecule has 0 aliphatic carbocycles. The molecular weight excluding hydrogens is 324 g/mol. The number of rotatable bonds is 15. The lowest BCUT2D eigenvalue weighted by Gasteiger charge is -2.26. The molecule has 0 spiro atoms. The predicted octanol–water partition coefficient (Wildman–Crippen LogP) is 8.71. The molecule has 27 heavy (non-hydrogen) atoms. The number of hydrogen-bond donors (Lipinski definition) is 0. The Labute approximate surface area is 171 Å². The molecule has 1 aromatic carbocycles. The smallest absolute Gasteiger partial charge is 0.0273 e. The molecule has 0 aromatic heterocycles. The highest BCUT2D eigenvalue weighted by atomic mass is 14.2. The fourth-order valence-electron chi connectivity index (χ4n) is 4.79. The van der Waals surface area contributed by atoms with Crippen LogP contribution in [0.5, 0.6) is 0 Å². The van der Waals surface area contributed by atoms with Crippen LogP contribution in [0.2, 0.25) is 0 Å². The maximum absolute atomic E-state index is 2.44. The van der Waals surface area contributed by atoms with Crippen molar-refractivity contribution >= 4 is 0 Å². The quantitative estimate of drug-likeness (QED) is 0.270. The first-order valence-corrected chi connectivity index (χ1v) is 12.3. The Kier molecular flexibility index (Phi) is 12.8. The number of benzene rings is 1. The van der Waals surface area contributed by atoms with Crippen LogP contribution in [0.1, 0.15) is 132 Å². The van der Waals surface area contributed by atoms with Crippen molar-refractivity contribution in [2.45, 2.75) is 138 Å². The third-order valence-corrected chi connectivity index (χ3v) is 6.31. The van der Waals surface area contributed by atoms with Gasteiger partial charge in [0.15, 0.2) is 0 Å². The van der Waals surface area contributed by atoms with Crippen LogP contribution in [-0.2, 0) is 32.1 Å². The van der Waals surface area contributed by atoms with Crippen LogP contribution in [0, 0.1) is 6.92 Å². The van der Waals surface area contributed by atoms with Gasteiger partial charge in [-0.2, -0.15) is 0 Å². The van der Waals surface area contributed by atoms with Crippen molar-refractivity contribution in [2.24, 2.45) is 0 Å². The molecule has 0 saturated heterocycles. The Morgan fingerprint density at radius 3 is 1.48 bits per heavy atom. The fourth-order valence-corrected chi connectivity index (χ4v) is 4.79. The summed E-state index contributed by atoms with van der Waals surface area (Å²) in [5, 5.41) is 0. The monoisotopic (exact) mass is 372 g/mol. The highest BCUT2D eigenvalue weighted by Crippen LogP contribution is 2.33. The zero-order valence-corrected chi connectivity index (χ0v) is 19.6. The molecule has 156 valence electrons. The van der Waals surface area contributed by atoms with Gasteiger partial charge in [-0.3, -0.25) is 0 Å². The molecule has 0 heterocycles. The minimum absolute atomic E-state index is 1.21. The van der Waals surface area contributed by atoms with Crippen LogP contribution in [0.25, 0.3) is 0 Å². The topological polar surface area (TPSA) is 0 Å². The first kappa shape index (κ1) is 24.3. The summed E-state index contributed by atoms with van der Waals surface area (Å²) in [6.07, 6.45) is 19.9. The summed E-state index contributed by atoms with van der Waals surface area (Å²) >= 11 is 0. The van der Waals surface area contributed by atoms with Gasteiger partial charge in [0.05, 0.1) is 0 Å². The largest absolute Gasteiger partial charge is 0.0654 e. The molecule has 0 heteroatoms. The summed E-state index contributed by atoms with van der Waals surface area (Å²) in [5.41, 5.74) is 10.4.